The third-order valence-corrected chi connectivity index (χ3v) is 5.84. The van der Waals surface area contributed by atoms with Crippen LogP contribution in [0.4, 0.5) is 5.82 Å². The summed E-state index contributed by atoms with van der Waals surface area (Å²) in [7, 11) is 1.50. The number of hydrogen-bond donors (Lipinski definition) is 3. The lowest BCUT2D eigenvalue weighted by Crippen LogP contribution is -2.34. The highest BCUT2D eigenvalue weighted by Crippen LogP contribution is 2.36. The van der Waals surface area contributed by atoms with Crippen LogP contribution < -0.4 is 5.32 Å². The zero-order valence-electron chi connectivity index (χ0n) is 16.0. The van der Waals surface area contributed by atoms with Crippen LogP contribution in [0.5, 0.6) is 0 Å². The molecule has 1 aliphatic carbocycles. The SMILES string of the molecule is COC1C(O)[C@@H](CO)O[C@H]1n1cnc2c(NC3CCc4ccccc43)ncnc21. The molecule has 2 aliphatic rings. The van der Waals surface area contributed by atoms with E-state index in [4.69, 9.17) is 9.47 Å². The Kier molecular flexibility index (Phi) is 4.67. The number of rotatable bonds is 5. The van der Waals surface area contributed by atoms with Crippen LogP contribution in [0.1, 0.15) is 29.8 Å². The van der Waals surface area contributed by atoms with Gasteiger partial charge in [0, 0.05) is 7.11 Å². The standard InChI is InChI=1S/C20H23N5O4/c1-28-17-16(27)14(8-26)29-20(17)25-10-23-15-18(21-9-22-19(15)25)24-13-7-6-11-4-2-3-5-12(11)13/h2-5,9-10,13-14,16-17,20,26-27H,6-8H2,1H3,(H,21,22,24)/t13?,14-,16?,17?,20-/m1/s1. The highest BCUT2D eigenvalue weighted by Gasteiger charge is 2.45. The summed E-state index contributed by atoms with van der Waals surface area (Å²) in [5.74, 6) is 0.654. The summed E-state index contributed by atoms with van der Waals surface area (Å²) in [6.45, 7) is -0.299. The molecule has 9 nitrogen and oxygen atoms in total. The third kappa shape index (κ3) is 2.98. The predicted octanol–water partition coefficient (Wildman–Crippen LogP) is 1.19. The van der Waals surface area contributed by atoms with Gasteiger partial charge in [0.15, 0.2) is 23.2 Å². The van der Waals surface area contributed by atoms with Gasteiger partial charge in [-0.3, -0.25) is 4.57 Å². The number of fused-ring (bicyclic) bond motifs is 2. The van der Waals surface area contributed by atoms with Crippen LogP contribution in [0.15, 0.2) is 36.9 Å². The molecule has 2 aromatic heterocycles. The molecule has 5 rings (SSSR count). The number of aliphatic hydroxyl groups is 2. The molecule has 3 unspecified atom stereocenters. The van der Waals surface area contributed by atoms with E-state index >= 15 is 0 Å². The molecule has 3 heterocycles. The van der Waals surface area contributed by atoms with Crippen LogP contribution in [0, 0.1) is 0 Å². The number of nitrogens with zero attached hydrogens (tertiary/aromatic N) is 4. The first-order valence-corrected chi connectivity index (χ1v) is 9.70. The summed E-state index contributed by atoms with van der Waals surface area (Å²) in [5.41, 5.74) is 3.84. The number of ether oxygens (including phenoxy) is 2. The summed E-state index contributed by atoms with van der Waals surface area (Å²) in [6.07, 6.45) is 2.16. The van der Waals surface area contributed by atoms with Crippen molar-refractivity contribution in [1.29, 1.82) is 0 Å². The van der Waals surface area contributed by atoms with Crippen LogP contribution in [-0.4, -0.2) is 61.8 Å². The highest BCUT2D eigenvalue weighted by molar-refractivity contribution is 5.83. The smallest absolute Gasteiger partial charge is 0.167 e. The maximum atomic E-state index is 10.3. The van der Waals surface area contributed by atoms with Gasteiger partial charge in [0.05, 0.1) is 19.0 Å². The predicted molar refractivity (Wildman–Crippen MR) is 104 cm³/mol. The third-order valence-electron chi connectivity index (χ3n) is 5.84. The van der Waals surface area contributed by atoms with Gasteiger partial charge in [0.1, 0.15) is 24.6 Å². The van der Waals surface area contributed by atoms with Crippen LogP contribution >= 0.6 is 0 Å². The van der Waals surface area contributed by atoms with E-state index in [0.717, 1.165) is 12.8 Å². The van der Waals surface area contributed by atoms with Crippen molar-refractivity contribution in [2.24, 2.45) is 0 Å². The molecule has 9 heteroatoms. The molecule has 3 aromatic rings. The molecular formula is C20H23N5O4. The molecular weight excluding hydrogens is 374 g/mol. The largest absolute Gasteiger partial charge is 0.394 e. The quantitative estimate of drug-likeness (QED) is 0.588. The number of aryl methyl sites for hydroxylation is 1. The number of nitrogens with one attached hydrogen (secondary N) is 1. The minimum atomic E-state index is -0.943. The van der Waals surface area contributed by atoms with E-state index in [2.05, 4.69) is 38.5 Å². The molecule has 0 spiro atoms. The van der Waals surface area contributed by atoms with E-state index in [1.807, 2.05) is 6.07 Å². The lowest BCUT2D eigenvalue weighted by molar-refractivity contribution is -0.0583. The van der Waals surface area contributed by atoms with Crippen molar-refractivity contribution in [3.8, 4) is 0 Å². The lowest BCUT2D eigenvalue weighted by Gasteiger charge is -2.20. The van der Waals surface area contributed by atoms with Crippen LogP contribution in [0.2, 0.25) is 0 Å². The van der Waals surface area contributed by atoms with E-state index < -0.39 is 24.5 Å². The number of imidazole rings is 1. The lowest BCUT2D eigenvalue weighted by atomic mass is 10.1. The van der Waals surface area contributed by atoms with E-state index in [-0.39, 0.29) is 12.6 Å². The topological polar surface area (TPSA) is 115 Å². The molecule has 152 valence electrons. The molecule has 1 saturated heterocycles. The number of benzene rings is 1. The van der Waals surface area contributed by atoms with Gasteiger partial charge in [-0.2, -0.15) is 0 Å². The first-order chi connectivity index (χ1) is 14.2. The summed E-state index contributed by atoms with van der Waals surface area (Å²) < 4.78 is 13.0. The Morgan fingerprint density at radius 1 is 1.28 bits per heavy atom. The number of aliphatic hydroxyl groups excluding tert-OH is 2. The maximum absolute atomic E-state index is 10.3. The molecule has 1 fully saturated rings. The molecule has 5 atom stereocenters. The minimum absolute atomic E-state index is 0.171. The Morgan fingerprint density at radius 3 is 2.97 bits per heavy atom. The molecule has 0 saturated carbocycles. The Bertz CT molecular complexity index is 1030. The minimum Gasteiger partial charge on any atom is -0.394 e. The Balaban J connectivity index is 1.48. The van der Waals surface area contributed by atoms with Gasteiger partial charge >= 0.3 is 0 Å². The molecule has 1 aliphatic heterocycles. The second kappa shape index (κ2) is 7.34. The van der Waals surface area contributed by atoms with Crippen molar-refractivity contribution < 1.29 is 19.7 Å². The second-order valence-corrected chi connectivity index (χ2v) is 7.42. The Hall–Kier alpha value is -2.59. The summed E-state index contributed by atoms with van der Waals surface area (Å²) in [5, 5.41) is 23.3. The summed E-state index contributed by atoms with van der Waals surface area (Å²) in [4.78, 5) is 13.3. The normalized spacial score (nSPS) is 28.7. The molecule has 0 amide bonds. The summed E-state index contributed by atoms with van der Waals surface area (Å²) in [6, 6.07) is 8.58. The monoisotopic (exact) mass is 397 g/mol. The fourth-order valence-corrected chi connectivity index (χ4v) is 4.36. The number of methoxy groups -OCH3 is 1. The van der Waals surface area contributed by atoms with E-state index in [9.17, 15) is 10.2 Å². The fraction of sp³-hybridized carbons (Fsp3) is 0.450. The average molecular weight is 397 g/mol. The van der Waals surface area contributed by atoms with Gasteiger partial charge in [-0.1, -0.05) is 24.3 Å². The number of aromatic nitrogens is 4. The average Bonchev–Trinajstić information content (AvgIpc) is 3.43. The highest BCUT2D eigenvalue weighted by atomic mass is 16.6. The van der Waals surface area contributed by atoms with Crippen LogP contribution in [0.25, 0.3) is 11.2 Å². The van der Waals surface area contributed by atoms with Crippen molar-refractivity contribution in [2.75, 3.05) is 19.0 Å². The molecule has 29 heavy (non-hydrogen) atoms. The molecule has 1 aromatic carbocycles. The van der Waals surface area contributed by atoms with Crippen molar-refractivity contribution in [3.63, 3.8) is 0 Å². The van der Waals surface area contributed by atoms with Gasteiger partial charge in [0.25, 0.3) is 0 Å². The Morgan fingerprint density at radius 2 is 2.14 bits per heavy atom. The first-order valence-electron chi connectivity index (χ1n) is 9.70. The van der Waals surface area contributed by atoms with Gasteiger partial charge in [-0.25, -0.2) is 15.0 Å². The van der Waals surface area contributed by atoms with Crippen LogP contribution in [-0.2, 0) is 15.9 Å². The maximum Gasteiger partial charge on any atom is 0.167 e. The fourth-order valence-electron chi connectivity index (χ4n) is 4.36. The molecule has 0 radical (unpaired) electrons. The number of anilines is 1. The number of hydrogen-bond acceptors (Lipinski definition) is 8. The van der Waals surface area contributed by atoms with Gasteiger partial charge in [-0.15, -0.1) is 0 Å². The van der Waals surface area contributed by atoms with Crippen molar-refractivity contribution in [1.82, 2.24) is 19.5 Å². The van der Waals surface area contributed by atoms with Crippen molar-refractivity contribution >= 4 is 17.0 Å². The van der Waals surface area contributed by atoms with Crippen molar-refractivity contribution in [2.45, 2.75) is 43.4 Å². The Labute approximate surface area is 167 Å². The van der Waals surface area contributed by atoms with Gasteiger partial charge < -0.3 is 25.0 Å². The summed E-state index contributed by atoms with van der Waals surface area (Å²) >= 11 is 0. The second-order valence-electron chi connectivity index (χ2n) is 7.42. The molecule has 0 bridgehead atoms. The van der Waals surface area contributed by atoms with Crippen molar-refractivity contribution in [3.05, 3.63) is 48.0 Å². The zero-order chi connectivity index (χ0) is 20.0. The van der Waals surface area contributed by atoms with E-state index in [1.165, 1.54) is 24.6 Å². The van der Waals surface area contributed by atoms with E-state index in [0.29, 0.717) is 17.0 Å². The zero-order valence-corrected chi connectivity index (χ0v) is 16.0. The van der Waals surface area contributed by atoms with Gasteiger partial charge in [-0.05, 0) is 24.0 Å². The van der Waals surface area contributed by atoms with Crippen LogP contribution in [0.3, 0.4) is 0 Å². The molecule has 3 N–H and O–H groups in total. The van der Waals surface area contributed by atoms with E-state index in [1.54, 1.807) is 10.9 Å². The first kappa shape index (κ1) is 18.4. The van der Waals surface area contributed by atoms with Gasteiger partial charge in [0.2, 0.25) is 0 Å².